The third kappa shape index (κ3) is 17.2. The summed E-state index contributed by atoms with van der Waals surface area (Å²) in [6, 6.07) is 0. The van der Waals surface area contributed by atoms with Crippen molar-refractivity contribution in [1.82, 2.24) is 5.32 Å². The fourth-order valence-corrected chi connectivity index (χ4v) is 3.28. The molecule has 7 nitrogen and oxygen atoms in total. The zero-order valence-corrected chi connectivity index (χ0v) is 19.6. The van der Waals surface area contributed by atoms with Crippen molar-refractivity contribution in [3.63, 3.8) is 0 Å². The van der Waals surface area contributed by atoms with Crippen molar-refractivity contribution in [2.45, 2.75) is 104 Å². The molecule has 0 heterocycles. The second kappa shape index (κ2) is 18.2. The number of carbonyl (C=O) groups is 3. The van der Waals surface area contributed by atoms with Crippen LogP contribution in [0.2, 0.25) is 0 Å². The van der Waals surface area contributed by atoms with Gasteiger partial charge in [-0.25, -0.2) is 0 Å². The van der Waals surface area contributed by atoms with E-state index in [1.807, 2.05) is 0 Å². The first-order valence-corrected chi connectivity index (χ1v) is 11.4. The number of rotatable bonds is 19. The van der Waals surface area contributed by atoms with Crippen LogP contribution in [-0.4, -0.2) is 49.8 Å². The summed E-state index contributed by atoms with van der Waals surface area (Å²) in [5.74, 6) is -1.12. The summed E-state index contributed by atoms with van der Waals surface area (Å²) in [4.78, 5) is 34.2. The van der Waals surface area contributed by atoms with Crippen LogP contribution in [0.3, 0.4) is 0 Å². The van der Waals surface area contributed by atoms with E-state index in [9.17, 15) is 14.4 Å². The average Bonchev–Trinajstić information content (AvgIpc) is 2.67. The topological polar surface area (TPSA) is 90.9 Å². The Hall–Kier alpha value is -1.63. The lowest BCUT2D eigenvalue weighted by Gasteiger charge is -2.33. The van der Waals surface area contributed by atoms with E-state index in [4.69, 9.17) is 14.2 Å². The van der Waals surface area contributed by atoms with Gasteiger partial charge >= 0.3 is 11.9 Å². The fraction of sp³-hybridized carbons (Fsp3) is 0.870. The molecule has 7 heteroatoms. The van der Waals surface area contributed by atoms with Crippen LogP contribution in [0.25, 0.3) is 0 Å². The maximum absolute atomic E-state index is 11.7. The van der Waals surface area contributed by atoms with E-state index in [0.717, 1.165) is 45.3 Å². The second-order valence-electron chi connectivity index (χ2n) is 8.07. The van der Waals surface area contributed by atoms with Crippen LogP contribution in [0.1, 0.15) is 98.3 Å². The van der Waals surface area contributed by atoms with Crippen LogP contribution in [0.4, 0.5) is 0 Å². The number of carbonyl (C=O) groups excluding carboxylic acids is 3. The molecule has 0 saturated carbocycles. The van der Waals surface area contributed by atoms with Crippen molar-refractivity contribution in [2.24, 2.45) is 0 Å². The Morgan fingerprint density at radius 2 is 1.17 bits per heavy atom. The van der Waals surface area contributed by atoms with E-state index in [-0.39, 0.29) is 19.1 Å². The molecule has 0 aromatic heterocycles. The Morgan fingerprint density at radius 3 is 1.63 bits per heavy atom. The fourth-order valence-electron chi connectivity index (χ4n) is 3.28. The van der Waals surface area contributed by atoms with E-state index >= 15 is 0 Å². The van der Waals surface area contributed by atoms with Gasteiger partial charge < -0.3 is 19.5 Å². The molecule has 0 aromatic rings. The molecule has 1 amide bonds. The molecule has 0 unspecified atom stereocenters. The molecule has 0 aliphatic carbocycles. The van der Waals surface area contributed by atoms with Gasteiger partial charge in [0.05, 0.1) is 0 Å². The Kier molecular flexibility index (Phi) is 17.2. The van der Waals surface area contributed by atoms with Crippen LogP contribution < -0.4 is 5.32 Å². The Balaban J connectivity index is 4.14. The van der Waals surface area contributed by atoms with Gasteiger partial charge in [-0.05, 0) is 19.3 Å². The Bertz CT molecular complexity index is 462. The Morgan fingerprint density at radius 1 is 0.700 bits per heavy atom. The van der Waals surface area contributed by atoms with Gasteiger partial charge in [0.2, 0.25) is 5.91 Å². The molecular weight excluding hydrogens is 386 g/mol. The quantitative estimate of drug-likeness (QED) is 0.243. The van der Waals surface area contributed by atoms with Crippen molar-refractivity contribution >= 4 is 17.8 Å². The summed E-state index contributed by atoms with van der Waals surface area (Å²) in [6.45, 7) is 7.83. The number of nitrogens with one attached hydrogen (secondary N) is 1. The maximum Gasteiger partial charge on any atom is 0.302 e. The normalized spacial score (nSPS) is 11.2. The maximum atomic E-state index is 11.7. The van der Waals surface area contributed by atoms with Crippen LogP contribution in [0.15, 0.2) is 0 Å². The highest BCUT2D eigenvalue weighted by atomic mass is 16.5. The molecule has 0 bridgehead atoms. The summed E-state index contributed by atoms with van der Waals surface area (Å²) in [5.41, 5.74) is -0.891. The number of hydrogen-bond acceptors (Lipinski definition) is 6. The smallest absolute Gasteiger partial charge is 0.302 e. The van der Waals surface area contributed by atoms with Crippen LogP contribution in [0, 0.1) is 0 Å². The number of ether oxygens (including phenoxy) is 3. The summed E-state index contributed by atoms with van der Waals surface area (Å²) in [7, 11) is 0. The summed E-state index contributed by atoms with van der Waals surface area (Å²) in [5, 5.41) is 2.83. The average molecular weight is 430 g/mol. The predicted octanol–water partition coefficient (Wildman–Crippen LogP) is 4.32. The molecule has 0 aromatic carbocycles. The van der Waals surface area contributed by atoms with Crippen LogP contribution >= 0.6 is 0 Å². The minimum Gasteiger partial charge on any atom is -0.463 e. The molecule has 176 valence electrons. The van der Waals surface area contributed by atoms with Gasteiger partial charge in [-0.15, -0.1) is 0 Å². The first kappa shape index (κ1) is 28.4. The van der Waals surface area contributed by atoms with Crippen molar-refractivity contribution in [2.75, 3.05) is 26.4 Å². The molecule has 0 aliphatic heterocycles. The van der Waals surface area contributed by atoms with E-state index < -0.39 is 17.5 Å². The zero-order chi connectivity index (χ0) is 22.7. The van der Waals surface area contributed by atoms with E-state index in [0.29, 0.717) is 6.42 Å². The number of amides is 1. The van der Waals surface area contributed by atoms with Gasteiger partial charge in [-0.3, -0.25) is 14.4 Å². The highest BCUT2D eigenvalue weighted by molar-refractivity contribution is 5.74. The standard InChI is InChI=1S/C23H43NO6/c1-5-6-7-8-10-13-16-28-17-14-11-9-12-15-23(24-20(2)25,18-29-21(3)26)19-30-22(4)27/h5-19H2,1-4H3,(H,24,25). The summed E-state index contributed by atoms with van der Waals surface area (Å²) < 4.78 is 16.0. The lowest BCUT2D eigenvalue weighted by atomic mass is 9.93. The van der Waals surface area contributed by atoms with Gasteiger partial charge in [-0.2, -0.15) is 0 Å². The van der Waals surface area contributed by atoms with E-state index in [1.165, 1.54) is 52.9 Å². The highest BCUT2D eigenvalue weighted by Gasteiger charge is 2.33. The summed E-state index contributed by atoms with van der Waals surface area (Å²) in [6.07, 6.45) is 12.0. The predicted molar refractivity (Wildman–Crippen MR) is 117 cm³/mol. The van der Waals surface area contributed by atoms with Crippen molar-refractivity contribution in [3.05, 3.63) is 0 Å². The molecule has 0 atom stereocenters. The van der Waals surface area contributed by atoms with Gasteiger partial charge in [0.15, 0.2) is 0 Å². The lowest BCUT2D eigenvalue weighted by Crippen LogP contribution is -2.55. The third-order valence-electron chi connectivity index (χ3n) is 4.88. The molecule has 0 aliphatic rings. The highest BCUT2D eigenvalue weighted by Crippen LogP contribution is 2.18. The van der Waals surface area contributed by atoms with Gasteiger partial charge in [-0.1, -0.05) is 58.3 Å². The Labute approximate surface area is 182 Å². The number of hydrogen-bond donors (Lipinski definition) is 1. The largest absolute Gasteiger partial charge is 0.463 e. The zero-order valence-electron chi connectivity index (χ0n) is 19.6. The van der Waals surface area contributed by atoms with Crippen LogP contribution in [0.5, 0.6) is 0 Å². The van der Waals surface area contributed by atoms with Gasteiger partial charge in [0.1, 0.15) is 18.8 Å². The first-order chi connectivity index (χ1) is 14.3. The SMILES string of the molecule is CCCCCCCCOCCCCCCC(COC(C)=O)(COC(C)=O)NC(C)=O. The molecule has 0 spiro atoms. The van der Waals surface area contributed by atoms with Crippen molar-refractivity contribution in [1.29, 1.82) is 0 Å². The van der Waals surface area contributed by atoms with E-state index in [2.05, 4.69) is 12.2 Å². The molecule has 30 heavy (non-hydrogen) atoms. The van der Waals surface area contributed by atoms with Crippen molar-refractivity contribution < 1.29 is 28.6 Å². The molecule has 0 fully saturated rings. The minimum absolute atomic E-state index is 0.0173. The van der Waals surface area contributed by atoms with Gasteiger partial charge in [0.25, 0.3) is 0 Å². The van der Waals surface area contributed by atoms with Crippen molar-refractivity contribution in [3.8, 4) is 0 Å². The minimum atomic E-state index is -0.891. The number of esters is 2. The molecular formula is C23H43NO6. The van der Waals surface area contributed by atoms with Crippen LogP contribution in [-0.2, 0) is 28.6 Å². The molecule has 0 rings (SSSR count). The molecule has 0 saturated heterocycles. The molecule has 0 radical (unpaired) electrons. The van der Waals surface area contributed by atoms with Gasteiger partial charge in [0, 0.05) is 34.0 Å². The van der Waals surface area contributed by atoms with E-state index in [1.54, 1.807) is 0 Å². The molecule has 1 N–H and O–H groups in total. The first-order valence-electron chi connectivity index (χ1n) is 11.4. The third-order valence-corrected chi connectivity index (χ3v) is 4.88. The number of unbranched alkanes of at least 4 members (excludes halogenated alkanes) is 8. The monoisotopic (exact) mass is 429 g/mol. The second-order valence-corrected chi connectivity index (χ2v) is 8.07. The summed E-state index contributed by atoms with van der Waals surface area (Å²) >= 11 is 0. The lowest BCUT2D eigenvalue weighted by molar-refractivity contribution is -0.150.